The molecule has 1 aromatic carbocycles. The molecule has 26 heavy (non-hydrogen) atoms. The van der Waals surface area contributed by atoms with Crippen molar-refractivity contribution in [3.63, 3.8) is 0 Å². The third-order valence-corrected chi connectivity index (χ3v) is 3.79. The number of methoxy groups -OCH3 is 1. The van der Waals surface area contributed by atoms with Crippen LogP contribution in [0.15, 0.2) is 34.9 Å². The number of halogens is 1. The summed E-state index contributed by atoms with van der Waals surface area (Å²) in [6.07, 6.45) is 2.27. The molecule has 6 nitrogen and oxygen atoms in total. The maximum atomic E-state index is 13.8. The lowest BCUT2D eigenvalue weighted by molar-refractivity contribution is -0.145. The van der Waals surface area contributed by atoms with Crippen molar-refractivity contribution in [3.05, 3.63) is 42.2 Å². The van der Waals surface area contributed by atoms with E-state index in [1.165, 1.54) is 19.4 Å². The predicted molar refractivity (Wildman–Crippen MR) is 93.6 cm³/mol. The summed E-state index contributed by atoms with van der Waals surface area (Å²) >= 11 is 0. The number of hydrogen-bond donors (Lipinski definition) is 1. The Morgan fingerprint density at radius 2 is 2.04 bits per heavy atom. The van der Waals surface area contributed by atoms with Gasteiger partial charge in [-0.25, -0.2) is 14.2 Å². The number of ether oxygens (including phenoxy) is 1. The highest BCUT2D eigenvalue weighted by Crippen LogP contribution is 2.23. The van der Waals surface area contributed by atoms with Crippen LogP contribution in [0.1, 0.15) is 32.6 Å². The third-order valence-electron chi connectivity index (χ3n) is 3.79. The molecule has 0 saturated heterocycles. The van der Waals surface area contributed by atoms with Gasteiger partial charge in [0.2, 0.25) is 5.91 Å². The largest absolute Gasteiger partial charge is 0.467 e. The topological polar surface area (TPSA) is 81.4 Å². The van der Waals surface area contributed by atoms with Crippen molar-refractivity contribution < 1.29 is 23.1 Å². The summed E-state index contributed by atoms with van der Waals surface area (Å²) in [5, 5.41) is 2.67. The molecule has 140 valence electrons. The van der Waals surface area contributed by atoms with Crippen LogP contribution in [0.2, 0.25) is 0 Å². The molecular formula is C19H23FN2O4. The molecule has 1 aromatic heterocycles. The highest BCUT2D eigenvalue weighted by molar-refractivity contribution is 5.84. The zero-order valence-electron chi connectivity index (χ0n) is 15.1. The van der Waals surface area contributed by atoms with E-state index in [0.717, 1.165) is 0 Å². The molecule has 0 bridgehead atoms. The lowest BCUT2D eigenvalue weighted by Crippen LogP contribution is -2.42. The fourth-order valence-corrected chi connectivity index (χ4v) is 2.53. The summed E-state index contributed by atoms with van der Waals surface area (Å²) in [5.41, 5.74) is 0.318. The number of nitrogens with one attached hydrogen (secondary N) is 1. The Labute approximate surface area is 151 Å². The number of aryl methyl sites for hydroxylation is 1. The van der Waals surface area contributed by atoms with Crippen LogP contribution in [-0.4, -0.2) is 30.0 Å². The number of oxazole rings is 1. The van der Waals surface area contributed by atoms with Crippen LogP contribution in [0.4, 0.5) is 4.39 Å². The van der Waals surface area contributed by atoms with Crippen molar-refractivity contribution in [1.82, 2.24) is 10.3 Å². The first-order valence-electron chi connectivity index (χ1n) is 8.47. The molecule has 0 saturated carbocycles. The Morgan fingerprint density at radius 1 is 1.31 bits per heavy atom. The molecule has 0 fully saturated rings. The van der Waals surface area contributed by atoms with Gasteiger partial charge in [-0.05, 0) is 24.5 Å². The fourth-order valence-electron chi connectivity index (χ4n) is 2.53. The smallest absolute Gasteiger partial charge is 0.328 e. The average Bonchev–Trinajstić information content (AvgIpc) is 3.07. The van der Waals surface area contributed by atoms with Gasteiger partial charge in [-0.1, -0.05) is 26.0 Å². The summed E-state index contributed by atoms with van der Waals surface area (Å²) in [7, 11) is 1.29. The van der Waals surface area contributed by atoms with E-state index in [1.54, 1.807) is 18.2 Å². The Bertz CT molecular complexity index is 758. The second-order valence-corrected chi connectivity index (χ2v) is 6.37. The normalized spacial score (nSPS) is 12.0. The number of carbonyl (C=O) groups is 2. The molecule has 1 atom stereocenters. The van der Waals surface area contributed by atoms with Crippen LogP contribution in [-0.2, 0) is 20.7 Å². The first kappa shape index (κ1) is 19.6. The summed E-state index contributed by atoms with van der Waals surface area (Å²) < 4.78 is 24.0. The maximum Gasteiger partial charge on any atom is 0.328 e. The zero-order chi connectivity index (χ0) is 19.1. The Morgan fingerprint density at radius 3 is 2.69 bits per heavy atom. The summed E-state index contributed by atoms with van der Waals surface area (Å²) in [5.74, 6) is -0.295. The molecule has 0 aliphatic rings. The number of hydrogen-bond acceptors (Lipinski definition) is 5. The molecule has 0 radical (unpaired) electrons. The van der Waals surface area contributed by atoms with Gasteiger partial charge in [0.05, 0.1) is 18.9 Å². The van der Waals surface area contributed by atoms with Crippen LogP contribution in [0.5, 0.6) is 0 Å². The Kier molecular flexibility index (Phi) is 6.89. The van der Waals surface area contributed by atoms with Gasteiger partial charge in [0.15, 0.2) is 11.7 Å². The highest BCUT2D eigenvalue weighted by atomic mass is 19.1. The van der Waals surface area contributed by atoms with E-state index in [-0.39, 0.29) is 24.7 Å². The molecule has 2 aromatic rings. The number of esters is 1. The van der Waals surface area contributed by atoms with Gasteiger partial charge < -0.3 is 14.5 Å². The standard InChI is InChI=1S/C19H23FN2O4/c1-12(2)10-15(19(24)25-3)22-17(23)8-9-18-21-11-16(26-18)13-6-4-5-7-14(13)20/h4-7,11-12,15H,8-10H2,1-3H3,(H,22,23). The molecule has 1 unspecified atom stereocenters. The van der Waals surface area contributed by atoms with E-state index in [4.69, 9.17) is 9.15 Å². The van der Waals surface area contributed by atoms with E-state index in [2.05, 4.69) is 10.3 Å². The van der Waals surface area contributed by atoms with Gasteiger partial charge in [-0.2, -0.15) is 0 Å². The van der Waals surface area contributed by atoms with Gasteiger partial charge in [0.1, 0.15) is 11.9 Å². The summed E-state index contributed by atoms with van der Waals surface area (Å²) in [6, 6.07) is 5.56. The van der Waals surface area contributed by atoms with Crippen molar-refractivity contribution in [1.29, 1.82) is 0 Å². The van der Waals surface area contributed by atoms with Crippen LogP contribution >= 0.6 is 0 Å². The number of nitrogens with zero attached hydrogens (tertiary/aromatic N) is 1. The number of aromatic nitrogens is 1. The number of carbonyl (C=O) groups excluding carboxylic acids is 2. The van der Waals surface area contributed by atoms with Gasteiger partial charge in [-0.3, -0.25) is 4.79 Å². The van der Waals surface area contributed by atoms with E-state index in [0.29, 0.717) is 23.6 Å². The van der Waals surface area contributed by atoms with Crippen molar-refractivity contribution in [2.24, 2.45) is 5.92 Å². The van der Waals surface area contributed by atoms with Crippen LogP contribution in [0.25, 0.3) is 11.3 Å². The maximum absolute atomic E-state index is 13.8. The van der Waals surface area contributed by atoms with Crippen LogP contribution in [0, 0.1) is 11.7 Å². The van der Waals surface area contributed by atoms with E-state index < -0.39 is 17.8 Å². The average molecular weight is 362 g/mol. The van der Waals surface area contributed by atoms with Crippen LogP contribution in [0.3, 0.4) is 0 Å². The van der Waals surface area contributed by atoms with Gasteiger partial charge in [0.25, 0.3) is 0 Å². The molecule has 1 amide bonds. The van der Waals surface area contributed by atoms with Crippen LogP contribution < -0.4 is 5.32 Å². The fraction of sp³-hybridized carbons (Fsp3) is 0.421. The lowest BCUT2D eigenvalue weighted by atomic mass is 10.0. The predicted octanol–water partition coefficient (Wildman–Crippen LogP) is 3.12. The van der Waals surface area contributed by atoms with E-state index >= 15 is 0 Å². The van der Waals surface area contributed by atoms with Gasteiger partial charge >= 0.3 is 5.97 Å². The van der Waals surface area contributed by atoms with Crippen molar-refractivity contribution in [3.8, 4) is 11.3 Å². The number of amides is 1. The minimum absolute atomic E-state index is 0.100. The highest BCUT2D eigenvalue weighted by Gasteiger charge is 2.22. The third kappa shape index (κ3) is 5.40. The van der Waals surface area contributed by atoms with Crippen molar-refractivity contribution in [2.45, 2.75) is 39.2 Å². The summed E-state index contributed by atoms with van der Waals surface area (Å²) in [4.78, 5) is 27.9. The molecular weight excluding hydrogens is 339 g/mol. The monoisotopic (exact) mass is 362 g/mol. The van der Waals surface area contributed by atoms with Gasteiger partial charge in [-0.15, -0.1) is 0 Å². The van der Waals surface area contributed by atoms with E-state index in [1.807, 2.05) is 13.8 Å². The molecule has 7 heteroatoms. The van der Waals surface area contributed by atoms with Crippen molar-refractivity contribution in [2.75, 3.05) is 7.11 Å². The van der Waals surface area contributed by atoms with Crippen molar-refractivity contribution >= 4 is 11.9 Å². The number of rotatable bonds is 8. The summed E-state index contributed by atoms with van der Waals surface area (Å²) in [6.45, 7) is 3.91. The minimum Gasteiger partial charge on any atom is -0.467 e. The quantitative estimate of drug-likeness (QED) is 0.730. The number of benzene rings is 1. The van der Waals surface area contributed by atoms with E-state index in [9.17, 15) is 14.0 Å². The first-order chi connectivity index (χ1) is 12.4. The second-order valence-electron chi connectivity index (χ2n) is 6.37. The lowest BCUT2D eigenvalue weighted by Gasteiger charge is -2.18. The molecule has 1 N–H and O–H groups in total. The molecule has 0 aliphatic heterocycles. The molecule has 1 heterocycles. The zero-order valence-corrected chi connectivity index (χ0v) is 15.1. The van der Waals surface area contributed by atoms with Gasteiger partial charge in [0, 0.05) is 12.8 Å². The SMILES string of the molecule is COC(=O)C(CC(C)C)NC(=O)CCc1ncc(-c2ccccc2F)o1. The second kappa shape index (κ2) is 9.12. The Balaban J connectivity index is 1.93. The first-order valence-corrected chi connectivity index (χ1v) is 8.47. The molecule has 2 rings (SSSR count). The molecule has 0 spiro atoms. The Hall–Kier alpha value is -2.70. The molecule has 0 aliphatic carbocycles. The minimum atomic E-state index is -0.675.